The number of ether oxygens (including phenoxy) is 2. The predicted octanol–water partition coefficient (Wildman–Crippen LogP) is 4.06. The molecule has 2 rings (SSSR count). The predicted molar refractivity (Wildman–Crippen MR) is 101 cm³/mol. The van der Waals surface area contributed by atoms with Crippen LogP contribution in [0.15, 0.2) is 36.4 Å². The van der Waals surface area contributed by atoms with Crippen molar-refractivity contribution in [2.24, 2.45) is 0 Å². The minimum Gasteiger partial charge on any atom is -0.493 e. The van der Waals surface area contributed by atoms with Gasteiger partial charge in [0.2, 0.25) is 0 Å². The molecule has 0 fully saturated rings. The van der Waals surface area contributed by atoms with Gasteiger partial charge in [-0.3, -0.25) is 4.90 Å². The number of hydrogen-bond acceptors (Lipinski definition) is 3. The molecule has 0 bridgehead atoms. The highest BCUT2D eigenvalue weighted by molar-refractivity contribution is 5.92. The SMILES string of the molecule is CCOc1cccc(N(C)C(=O)NC)c1COc1ccc(C)cc1C. The number of nitrogens with one attached hydrogen (secondary N) is 1. The highest BCUT2D eigenvalue weighted by atomic mass is 16.5. The lowest BCUT2D eigenvalue weighted by atomic mass is 10.1. The molecule has 134 valence electrons. The van der Waals surface area contributed by atoms with Crippen LogP contribution >= 0.6 is 0 Å². The molecular formula is C20H26N2O3. The van der Waals surface area contributed by atoms with Gasteiger partial charge in [-0.25, -0.2) is 4.79 Å². The molecule has 0 aliphatic rings. The Bertz CT molecular complexity index is 744. The maximum absolute atomic E-state index is 12.0. The van der Waals surface area contributed by atoms with Crippen LogP contribution in [-0.4, -0.2) is 26.7 Å². The van der Waals surface area contributed by atoms with Gasteiger partial charge in [0.15, 0.2) is 0 Å². The molecular weight excluding hydrogens is 316 g/mol. The lowest BCUT2D eigenvalue weighted by molar-refractivity contribution is 0.249. The second kappa shape index (κ2) is 8.42. The molecule has 1 N–H and O–H groups in total. The molecule has 0 aliphatic heterocycles. The molecule has 0 saturated carbocycles. The summed E-state index contributed by atoms with van der Waals surface area (Å²) in [6, 6.07) is 11.5. The lowest BCUT2D eigenvalue weighted by Crippen LogP contribution is -2.35. The van der Waals surface area contributed by atoms with Crippen molar-refractivity contribution >= 4 is 11.7 Å². The van der Waals surface area contributed by atoms with E-state index in [9.17, 15) is 4.79 Å². The maximum atomic E-state index is 12.0. The summed E-state index contributed by atoms with van der Waals surface area (Å²) in [7, 11) is 3.33. The first-order valence-electron chi connectivity index (χ1n) is 8.38. The molecule has 0 heterocycles. The number of nitrogens with zero attached hydrogens (tertiary/aromatic N) is 1. The Labute approximate surface area is 149 Å². The fourth-order valence-electron chi connectivity index (χ4n) is 2.69. The first-order chi connectivity index (χ1) is 12.0. The summed E-state index contributed by atoms with van der Waals surface area (Å²) in [5.41, 5.74) is 3.88. The van der Waals surface area contributed by atoms with Gasteiger partial charge in [0, 0.05) is 14.1 Å². The zero-order chi connectivity index (χ0) is 18.4. The van der Waals surface area contributed by atoms with E-state index >= 15 is 0 Å². The minimum absolute atomic E-state index is 0.193. The molecule has 2 aromatic rings. The number of rotatable bonds is 6. The van der Waals surface area contributed by atoms with E-state index in [1.165, 1.54) is 5.56 Å². The van der Waals surface area contributed by atoms with Gasteiger partial charge in [0.25, 0.3) is 0 Å². The molecule has 0 aliphatic carbocycles. The van der Waals surface area contributed by atoms with Crippen molar-refractivity contribution in [3.05, 3.63) is 53.1 Å². The Morgan fingerprint density at radius 3 is 2.52 bits per heavy atom. The van der Waals surface area contributed by atoms with Crippen molar-refractivity contribution in [3.63, 3.8) is 0 Å². The third kappa shape index (κ3) is 4.44. The van der Waals surface area contributed by atoms with Crippen LogP contribution in [-0.2, 0) is 6.61 Å². The van der Waals surface area contributed by atoms with E-state index in [0.717, 1.165) is 28.3 Å². The molecule has 0 spiro atoms. The topological polar surface area (TPSA) is 50.8 Å². The first-order valence-corrected chi connectivity index (χ1v) is 8.38. The maximum Gasteiger partial charge on any atom is 0.321 e. The van der Waals surface area contributed by atoms with E-state index in [1.54, 1.807) is 19.0 Å². The van der Waals surface area contributed by atoms with Gasteiger partial charge in [0.1, 0.15) is 18.1 Å². The molecule has 5 nitrogen and oxygen atoms in total. The number of aryl methyl sites for hydroxylation is 2. The van der Waals surface area contributed by atoms with Gasteiger partial charge in [-0.2, -0.15) is 0 Å². The number of anilines is 1. The van der Waals surface area contributed by atoms with E-state index < -0.39 is 0 Å². The molecule has 25 heavy (non-hydrogen) atoms. The van der Waals surface area contributed by atoms with Crippen LogP contribution in [0.3, 0.4) is 0 Å². The quantitative estimate of drug-likeness (QED) is 0.861. The van der Waals surface area contributed by atoms with Crippen molar-refractivity contribution in [2.75, 3.05) is 25.6 Å². The van der Waals surface area contributed by atoms with Crippen LogP contribution in [0.2, 0.25) is 0 Å². The summed E-state index contributed by atoms with van der Waals surface area (Å²) in [5.74, 6) is 1.55. The second-order valence-corrected chi connectivity index (χ2v) is 5.86. The minimum atomic E-state index is -0.193. The standard InChI is InChI=1S/C20H26N2O3/c1-6-24-19-9-7-8-17(22(5)20(23)21-4)16(19)13-25-18-11-10-14(2)12-15(18)3/h7-12H,6,13H2,1-5H3,(H,21,23). The number of urea groups is 1. The van der Waals surface area contributed by atoms with Crippen molar-refractivity contribution in [1.29, 1.82) is 0 Å². The van der Waals surface area contributed by atoms with E-state index in [1.807, 2.05) is 44.2 Å². The van der Waals surface area contributed by atoms with E-state index in [0.29, 0.717) is 13.2 Å². The fraction of sp³-hybridized carbons (Fsp3) is 0.350. The summed E-state index contributed by atoms with van der Waals surface area (Å²) in [5, 5.41) is 2.64. The van der Waals surface area contributed by atoms with E-state index in [-0.39, 0.29) is 6.03 Å². The number of carbonyl (C=O) groups excluding carboxylic acids is 1. The number of hydrogen-bond donors (Lipinski definition) is 1. The van der Waals surface area contributed by atoms with Crippen molar-refractivity contribution < 1.29 is 14.3 Å². The summed E-state index contributed by atoms with van der Waals surface area (Å²) in [4.78, 5) is 13.6. The van der Waals surface area contributed by atoms with Gasteiger partial charge in [-0.05, 0) is 44.5 Å². The summed E-state index contributed by atoms with van der Waals surface area (Å²) in [6.07, 6.45) is 0. The summed E-state index contributed by atoms with van der Waals surface area (Å²) in [6.45, 7) is 6.87. The lowest BCUT2D eigenvalue weighted by Gasteiger charge is -2.22. The normalized spacial score (nSPS) is 10.3. The van der Waals surface area contributed by atoms with Crippen LogP contribution < -0.4 is 19.7 Å². The Balaban J connectivity index is 2.34. The zero-order valence-electron chi connectivity index (χ0n) is 15.6. The van der Waals surface area contributed by atoms with Crippen molar-refractivity contribution in [2.45, 2.75) is 27.4 Å². The van der Waals surface area contributed by atoms with Crippen LogP contribution in [0.25, 0.3) is 0 Å². The van der Waals surface area contributed by atoms with Crippen LogP contribution in [0.5, 0.6) is 11.5 Å². The zero-order valence-corrected chi connectivity index (χ0v) is 15.6. The van der Waals surface area contributed by atoms with E-state index in [4.69, 9.17) is 9.47 Å². The number of carbonyl (C=O) groups is 1. The van der Waals surface area contributed by atoms with Gasteiger partial charge in [-0.1, -0.05) is 23.8 Å². The second-order valence-electron chi connectivity index (χ2n) is 5.86. The highest BCUT2D eigenvalue weighted by Gasteiger charge is 2.17. The number of amides is 2. The average Bonchev–Trinajstić information content (AvgIpc) is 2.60. The Morgan fingerprint density at radius 2 is 1.88 bits per heavy atom. The molecule has 0 radical (unpaired) electrons. The Morgan fingerprint density at radius 1 is 1.12 bits per heavy atom. The third-order valence-electron chi connectivity index (χ3n) is 3.99. The monoisotopic (exact) mass is 342 g/mol. The smallest absolute Gasteiger partial charge is 0.321 e. The Kier molecular flexibility index (Phi) is 6.28. The third-order valence-corrected chi connectivity index (χ3v) is 3.99. The van der Waals surface area contributed by atoms with E-state index in [2.05, 4.69) is 18.3 Å². The molecule has 0 unspecified atom stereocenters. The first kappa shape index (κ1) is 18.6. The Hall–Kier alpha value is -2.69. The molecule has 0 aromatic heterocycles. The molecule has 2 amide bonds. The fourth-order valence-corrected chi connectivity index (χ4v) is 2.69. The van der Waals surface area contributed by atoms with Gasteiger partial charge >= 0.3 is 6.03 Å². The summed E-state index contributed by atoms with van der Waals surface area (Å²) < 4.78 is 11.8. The van der Waals surface area contributed by atoms with Crippen molar-refractivity contribution in [3.8, 4) is 11.5 Å². The average molecular weight is 342 g/mol. The molecule has 2 aromatic carbocycles. The summed E-state index contributed by atoms with van der Waals surface area (Å²) >= 11 is 0. The largest absolute Gasteiger partial charge is 0.493 e. The van der Waals surface area contributed by atoms with Crippen LogP contribution in [0.4, 0.5) is 10.5 Å². The molecule has 0 saturated heterocycles. The highest BCUT2D eigenvalue weighted by Crippen LogP contribution is 2.31. The van der Waals surface area contributed by atoms with Crippen LogP contribution in [0, 0.1) is 13.8 Å². The van der Waals surface area contributed by atoms with Crippen LogP contribution in [0.1, 0.15) is 23.6 Å². The molecule has 5 heteroatoms. The van der Waals surface area contributed by atoms with Gasteiger partial charge in [-0.15, -0.1) is 0 Å². The van der Waals surface area contributed by atoms with Crippen molar-refractivity contribution in [1.82, 2.24) is 5.32 Å². The molecule has 0 atom stereocenters. The van der Waals surface area contributed by atoms with Gasteiger partial charge in [0.05, 0.1) is 17.9 Å². The van der Waals surface area contributed by atoms with Gasteiger partial charge < -0.3 is 14.8 Å². The number of benzene rings is 2.